The van der Waals surface area contributed by atoms with Crippen molar-refractivity contribution in [1.29, 1.82) is 0 Å². The Morgan fingerprint density at radius 3 is 2.00 bits per heavy atom. The number of ether oxygens (including phenoxy) is 1. The van der Waals surface area contributed by atoms with Crippen LogP contribution in [0.2, 0.25) is 5.02 Å². The van der Waals surface area contributed by atoms with Crippen LogP contribution < -0.4 is 0 Å². The number of aromatic nitrogens is 2. The van der Waals surface area contributed by atoms with Crippen LogP contribution in [0.1, 0.15) is 22.3 Å². The Hall–Kier alpha value is -2.99. The Morgan fingerprint density at radius 1 is 0.848 bits per heavy atom. The molecule has 1 aromatic heterocycles. The van der Waals surface area contributed by atoms with Gasteiger partial charge in [0.1, 0.15) is 11.4 Å². The summed E-state index contributed by atoms with van der Waals surface area (Å²) < 4.78 is 21.4. The molecule has 0 aliphatic carbocycles. The normalized spacial score (nSPS) is 16.4. The van der Waals surface area contributed by atoms with Crippen molar-refractivity contribution in [2.45, 2.75) is 12.1 Å². The molecule has 1 unspecified atom stereocenters. The lowest BCUT2D eigenvalue weighted by molar-refractivity contribution is 0.0342. The minimum absolute atomic E-state index is 0.268. The summed E-state index contributed by atoms with van der Waals surface area (Å²) in [4.78, 5) is 6.74. The van der Waals surface area contributed by atoms with Crippen LogP contribution in [0.3, 0.4) is 0 Å². The molecule has 6 heteroatoms. The Balaban J connectivity index is 1.64. The predicted molar refractivity (Wildman–Crippen MR) is 128 cm³/mol. The molecule has 168 valence electrons. The van der Waals surface area contributed by atoms with E-state index >= 15 is 0 Å². The topological polar surface area (TPSA) is 30.3 Å². The molecule has 3 aromatic carbocycles. The lowest BCUT2D eigenvalue weighted by Crippen LogP contribution is -2.37. The van der Waals surface area contributed by atoms with Crippen molar-refractivity contribution in [2.75, 3.05) is 26.3 Å². The third-order valence-electron chi connectivity index (χ3n) is 6.30. The van der Waals surface area contributed by atoms with Crippen LogP contribution in [-0.4, -0.2) is 40.8 Å². The summed E-state index contributed by atoms with van der Waals surface area (Å²) >= 11 is 6.23. The van der Waals surface area contributed by atoms with E-state index in [1.807, 2.05) is 42.6 Å². The number of hydrogen-bond donors (Lipinski definition) is 0. The molecule has 1 aliphatic rings. The van der Waals surface area contributed by atoms with Crippen LogP contribution in [-0.2, 0) is 16.8 Å². The highest BCUT2D eigenvalue weighted by Gasteiger charge is 2.38. The largest absolute Gasteiger partial charge is 0.379 e. The van der Waals surface area contributed by atoms with Gasteiger partial charge in [0.15, 0.2) is 0 Å². The number of imidazole rings is 1. The average molecular weight is 462 g/mol. The maximum absolute atomic E-state index is 13.9. The van der Waals surface area contributed by atoms with Gasteiger partial charge in [-0.25, -0.2) is 9.37 Å². The van der Waals surface area contributed by atoms with Gasteiger partial charge in [-0.3, -0.25) is 4.90 Å². The molecule has 33 heavy (non-hydrogen) atoms. The minimum atomic E-state index is -0.730. The molecule has 1 saturated heterocycles. The Bertz CT molecular complexity index is 1120. The standard InChI is InChI=1S/C27H25ClFN3O/c28-25-9-5-23(6-10-25)27(32-14-13-30-20-32,24-7-11-26(29)12-8-24)22-3-1-21(2-4-22)19-31-15-17-33-18-16-31/h1-14,20H,15-19H2. The number of morpholine rings is 1. The second-order valence-electron chi connectivity index (χ2n) is 8.28. The number of halogens is 2. The van der Waals surface area contributed by atoms with Gasteiger partial charge >= 0.3 is 0 Å². The zero-order valence-electron chi connectivity index (χ0n) is 18.2. The van der Waals surface area contributed by atoms with Crippen molar-refractivity contribution >= 4 is 11.6 Å². The van der Waals surface area contributed by atoms with E-state index in [1.54, 1.807) is 12.5 Å². The number of rotatable bonds is 6. The van der Waals surface area contributed by atoms with Crippen LogP contribution in [0.4, 0.5) is 4.39 Å². The smallest absolute Gasteiger partial charge is 0.123 e. The fourth-order valence-electron chi connectivity index (χ4n) is 4.66. The first kappa shape index (κ1) is 21.8. The fraction of sp³-hybridized carbons (Fsp3) is 0.222. The van der Waals surface area contributed by atoms with Crippen molar-refractivity contribution in [3.8, 4) is 0 Å². The zero-order chi connectivity index (χ0) is 22.7. The zero-order valence-corrected chi connectivity index (χ0v) is 19.0. The Kier molecular flexibility index (Phi) is 6.27. The van der Waals surface area contributed by atoms with Gasteiger partial charge in [0.25, 0.3) is 0 Å². The molecule has 0 bridgehead atoms. The van der Waals surface area contributed by atoms with Gasteiger partial charge in [0.2, 0.25) is 0 Å². The summed E-state index contributed by atoms with van der Waals surface area (Å²) in [5.74, 6) is -0.268. The van der Waals surface area contributed by atoms with E-state index in [1.165, 1.54) is 17.7 Å². The second-order valence-corrected chi connectivity index (χ2v) is 8.72. The molecule has 0 amide bonds. The van der Waals surface area contributed by atoms with E-state index in [-0.39, 0.29) is 5.82 Å². The third kappa shape index (κ3) is 4.32. The quantitative estimate of drug-likeness (QED) is 0.363. The third-order valence-corrected chi connectivity index (χ3v) is 6.55. The summed E-state index contributed by atoms with van der Waals surface area (Å²) in [5, 5.41) is 0.665. The van der Waals surface area contributed by atoms with E-state index in [9.17, 15) is 4.39 Å². The van der Waals surface area contributed by atoms with Crippen molar-refractivity contribution in [2.24, 2.45) is 0 Å². The molecule has 0 saturated carbocycles. The maximum Gasteiger partial charge on any atom is 0.123 e. The molecule has 2 heterocycles. The average Bonchev–Trinajstić information content (AvgIpc) is 3.39. The van der Waals surface area contributed by atoms with Gasteiger partial charge in [-0.2, -0.15) is 0 Å². The maximum atomic E-state index is 13.9. The minimum Gasteiger partial charge on any atom is -0.379 e. The van der Waals surface area contributed by atoms with E-state index < -0.39 is 5.54 Å². The molecule has 1 aliphatic heterocycles. The predicted octanol–water partition coefficient (Wildman–Crippen LogP) is 5.35. The fourth-order valence-corrected chi connectivity index (χ4v) is 4.78. The number of nitrogens with zero attached hydrogens (tertiary/aromatic N) is 3. The Morgan fingerprint density at radius 2 is 1.42 bits per heavy atom. The summed E-state index contributed by atoms with van der Waals surface area (Å²) in [6.45, 7) is 4.34. The van der Waals surface area contributed by atoms with E-state index in [4.69, 9.17) is 16.3 Å². The molecule has 0 N–H and O–H groups in total. The first-order chi connectivity index (χ1) is 16.2. The molecule has 4 aromatic rings. The molecular weight excluding hydrogens is 437 g/mol. The lowest BCUT2D eigenvalue weighted by atomic mass is 9.76. The molecule has 1 fully saturated rings. The molecule has 5 rings (SSSR count). The van der Waals surface area contributed by atoms with Gasteiger partial charge in [-0.15, -0.1) is 0 Å². The first-order valence-corrected chi connectivity index (χ1v) is 11.4. The summed E-state index contributed by atoms with van der Waals surface area (Å²) in [5.41, 5.74) is 3.52. The number of hydrogen-bond acceptors (Lipinski definition) is 3. The van der Waals surface area contributed by atoms with Gasteiger partial charge in [-0.1, -0.05) is 60.1 Å². The second kappa shape index (κ2) is 9.48. The molecular formula is C27H25ClFN3O. The summed E-state index contributed by atoms with van der Waals surface area (Å²) in [6, 6.07) is 23.2. The van der Waals surface area contributed by atoms with E-state index in [2.05, 4.69) is 38.7 Å². The van der Waals surface area contributed by atoms with E-state index in [0.29, 0.717) is 5.02 Å². The van der Waals surface area contributed by atoms with Gasteiger partial charge in [0.05, 0.1) is 19.5 Å². The highest BCUT2D eigenvalue weighted by Crippen LogP contribution is 2.41. The highest BCUT2D eigenvalue weighted by atomic mass is 35.5. The monoisotopic (exact) mass is 461 g/mol. The SMILES string of the molecule is Fc1ccc(C(c2ccc(Cl)cc2)(c2ccc(CN3CCOCC3)cc2)n2ccnc2)cc1. The number of benzene rings is 3. The van der Waals surface area contributed by atoms with Gasteiger partial charge < -0.3 is 9.30 Å². The summed E-state index contributed by atoms with van der Waals surface area (Å²) in [6.07, 6.45) is 5.51. The van der Waals surface area contributed by atoms with Crippen molar-refractivity contribution in [3.05, 3.63) is 125 Å². The van der Waals surface area contributed by atoms with Crippen molar-refractivity contribution in [3.63, 3.8) is 0 Å². The van der Waals surface area contributed by atoms with Gasteiger partial charge in [0, 0.05) is 37.1 Å². The molecule has 0 radical (unpaired) electrons. The summed E-state index contributed by atoms with van der Waals surface area (Å²) in [7, 11) is 0. The molecule has 4 nitrogen and oxygen atoms in total. The lowest BCUT2D eigenvalue weighted by Gasteiger charge is -2.37. The molecule has 1 atom stereocenters. The van der Waals surface area contributed by atoms with Crippen LogP contribution in [0.5, 0.6) is 0 Å². The highest BCUT2D eigenvalue weighted by molar-refractivity contribution is 6.30. The van der Waals surface area contributed by atoms with Crippen molar-refractivity contribution in [1.82, 2.24) is 14.5 Å². The first-order valence-electron chi connectivity index (χ1n) is 11.1. The van der Waals surface area contributed by atoms with Crippen LogP contribution in [0.15, 0.2) is 91.5 Å². The van der Waals surface area contributed by atoms with Crippen LogP contribution >= 0.6 is 11.6 Å². The van der Waals surface area contributed by atoms with Gasteiger partial charge in [-0.05, 0) is 46.5 Å². The van der Waals surface area contributed by atoms with Crippen molar-refractivity contribution < 1.29 is 9.13 Å². The van der Waals surface area contributed by atoms with Crippen LogP contribution in [0.25, 0.3) is 0 Å². The van der Waals surface area contributed by atoms with Crippen LogP contribution in [0, 0.1) is 5.82 Å². The van der Waals surface area contributed by atoms with E-state index in [0.717, 1.165) is 49.5 Å². The molecule has 0 spiro atoms. The Labute approximate surface area is 198 Å².